The highest BCUT2D eigenvalue weighted by Gasteiger charge is 2.39. The normalized spacial score (nSPS) is 24.2. The predicted octanol–water partition coefficient (Wildman–Crippen LogP) is 2.13. The summed E-state index contributed by atoms with van der Waals surface area (Å²) in [5.74, 6) is -0.944. The number of amidine groups is 1. The van der Waals surface area contributed by atoms with E-state index >= 15 is 0 Å². The highest BCUT2D eigenvalue weighted by molar-refractivity contribution is 5.85. The molecule has 0 aromatic heterocycles. The van der Waals surface area contributed by atoms with Crippen LogP contribution in [0.25, 0.3) is 0 Å². The van der Waals surface area contributed by atoms with Crippen molar-refractivity contribution in [2.75, 3.05) is 6.54 Å². The Morgan fingerprint density at radius 1 is 1.38 bits per heavy atom. The Labute approximate surface area is 80.8 Å². The minimum Gasteiger partial charge on any atom is -0.387 e. The molecule has 2 nitrogen and oxygen atoms in total. The summed E-state index contributed by atoms with van der Waals surface area (Å²) in [6, 6.07) is 0. The van der Waals surface area contributed by atoms with Crippen LogP contribution in [-0.4, -0.2) is 18.6 Å². The molecule has 0 aliphatic carbocycles. The van der Waals surface area contributed by atoms with Gasteiger partial charge < -0.3 is 5.73 Å². The molecule has 6 heteroatoms. The van der Waals surface area contributed by atoms with Crippen molar-refractivity contribution >= 4 is 18.2 Å². The molecule has 0 fully saturated rings. The van der Waals surface area contributed by atoms with E-state index in [1.165, 1.54) is 0 Å². The Hall–Kier alpha value is -0.450. The van der Waals surface area contributed by atoms with Gasteiger partial charge in [-0.05, 0) is 12.8 Å². The van der Waals surface area contributed by atoms with E-state index < -0.39 is 12.1 Å². The summed E-state index contributed by atoms with van der Waals surface area (Å²) in [4.78, 5) is 3.65. The smallest absolute Gasteiger partial charge is 0.387 e. The third kappa shape index (κ3) is 3.85. The molecule has 0 aromatic carbocycles. The zero-order chi connectivity index (χ0) is 9.19. The van der Waals surface area contributed by atoms with Crippen LogP contribution in [0, 0.1) is 5.92 Å². The van der Waals surface area contributed by atoms with E-state index in [4.69, 9.17) is 5.73 Å². The second-order valence-electron chi connectivity index (χ2n) is 2.96. The van der Waals surface area contributed by atoms with Gasteiger partial charge in [0.1, 0.15) is 0 Å². The molecule has 0 radical (unpaired) electrons. The van der Waals surface area contributed by atoms with Crippen LogP contribution in [-0.2, 0) is 0 Å². The number of hydrogen-bond donors (Lipinski definition) is 1. The fraction of sp³-hybridized carbons (Fsp3) is 0.857. The monoisotopic (exact) mass is 216 g/mol. The highest BCUT2D eigenvalue weighted by atomic mass is 35.5. The molecule has 1 heterocycles. The summed E-state index contributed by atoms with van der Waals surface area (Å²) in [5, 5.41) is 0. The molecule has 1 unspecified atom stereocenters. The molecule has 1 aliphatic heterocycles. The van der Waals surface area contributed by atoms with Crippen LogP contribution in [0.15, 0.2) is 4.99 Å². The lowest BCUT2D eigenvalue weighted by molar-refractivity contribution is -0.173. The number of nitrogens with zero attached hydrogens (tertiary/aromatic N) is 1. The number of alkyl halides is 3. The quantitative estimate of drug-likeness (QED) is 0.662. The van der Waals surface area contributed by atoms with Gasteiger partial charge in [0.2, 0.25) is 0 Å². The second kappa shape index (κ2) is 4.69. The summed E-state index contributed by atoms with van der Waals surface area (Å²) < 4.78 is 36.4. The van der Waals surface area contributed by atoms with Gasteiger partial charge in [-0.15, -0.1) is 12.4 Å². The van der Waals surface area contributed by atoms with Crippen molar-refractivity contribution < 1.29 is 13.2 Å². The summed E-state index contributed by atoms with van der Waals surface area (Å²) >= 11 is 0. The molecule has 78 valence electrons. The molecule has 0 spiro atoms. The fourth-order valence-corrected chi connectivity index (χ4v) is 1.19. The van der Waals surface area contributed by atoms with Crippen molar-refractivity contribution in [3.63, 3.8) is 0 Å². The van der Waals surface area contributed by atoms with Crippen LogP contribution in [0.1, 0.15) is 19.3 Å². The Bertz CT molecular complexity index is 191. The van der Waals surface area contributed by atoms with Gasteiger partial charge in [0, 0.05) is 6.42 Å². The lowest BCUT2D eigenvalue weighted by atomic mass is 10.0. The third-order valence-corrected chi connectivity index (χ3v) is 1.96. The van der Waals surface area contributed by atoms with Gasteiger partial charge in [0.25, 0.3) is 0 Å². The van der Waals surface area contributed by atoms with E-state index in [0.717, 1.165) is 0 Å². The van der Waals surface area contributed by atoms with E-state index in [0.29, 0.717) is 18.7 Å². The average molecular weight is 217 g/mol. The average Bonchev–Trinajstić information content (AvgIpc) is 2.11. The summed E-state index contributed by atoms with van der Waals surface area (Å²) in [6.45, 7) is -0.199. The number of nitrogens with two attached hydrogens (primary N) is 1. The van der Waals surface area contributed by atoms with Crippen molar-refractivity contribution in [3.8, 4) is 0 Å². The van der Waals surface area contributed by atoms with Crippen LogP contribution >= 0.6 is 12.4 Å². The second-order valence-corrected chi connectivity index (χ2v) is 2.96. The fourth-order valence-electron chi connectivity index (χ4n) is 1.19. The largest absolute Gasteiger partial charge is 0.393 e. The maximum absolute atomic E-state index is 12.1. The zero-order valence-electron chi connectivity index (χ0n) is 6.97. The van der Waals surface area contributed by atoms with Gasteiger partial charge in [-0.3, -0.25) is 4.99 Å². The number of aliphatic imine (C=N–C) groups is 1. The van der Waals surface area contributed by atoms with Gasteiger partial charge in [0.05, 0.1) is 18.3 Å². The SMILES string of the molecule is Cl.NC1=NCC(C(F)(F)F)CCC1. The summed E-state index contributed by atoms with van der Waals surface area (Å²) in [6.07, 6.45) is -2.99. The molecule has 1 rings (SSSR count). The first kappa shape index (κ1) is 12.6. The minimum atomic E-state index is -4.12. The molecule has 1 aliphatic rings. The Kier molecular flexibility index (Phi) is 4.53. The topological polar surface area (TPSA) is 38.4 Å². The molecule has 0 aromatic rings. The lowest BCUT2D eigenvalue weighted by Gasteiger charge is -2.15. The maximum Gasteiger partial charge on any atom is 0.393 e. The highest BCUT2D eigenvalue weighted by Crippen LogP contribution is 2.31. The van der Waals surface area contributed by atoms with E-state index in [-0.39, 0.29) is 25.4 Å². The van der Waals surface area contributed by atoms with E-state index in [9.17, 15) is 13.2 Å². The Balaban J connectivity index is 0.00000144. The van der Waals surface area contributed by atoms with Gasteiger partial charge in [-0.1, -0.05) is 0 Å². The van der Waals surface area contributed by atoms with Crippen molar-refractivity contribution in [1.82, 2.24) is 0 Å². The Morgan fingerprint density at radius 2 is 2.00 bits per heavy atom. The first-order chi connectivity index (χ1) is 5.50. The summed E-state index contributed by atoms with van der Waals surface area (Å²) in [7, 11) is 0. The van der Waals surface area contributed by atoms with E-state index in [1.54, 1.807) is 0 Å². The van der Waals surface area contributed by atoms with Crippen LogP contribution in [0.4, 0.5) is 13.2 Å². The molecule has 0 saturated carbocycles. The first-order valence-corrected chi connectivity index (χ1v) is 3.85. The zero-order valence-corrected chi connectivity index (χ0v) is 7.79. The van der Waals surface area contributed by atoms with Crippen LogP contribution in [0.5, 0.6) is 0 Å². The van der Waals surface area contributed by atoms with Crippen LogP contribution in [0.3, 0.4) is 0 Å². The molecule has 2 N–H and O–H groups in total. The van der Waals surface area contributed by atoms with Crippen molar-refractivity contribution in [1.29, 1.82) is 0 Å². The summed E-state index contributed by atoms with van der Waals surface area (Å²) in [5.41, 5.74) is 5.32. The molecular weight excluding hydrogens is 205 g/mol. The van der Waals surface area contributed by atoms with Crippen molar-refractivity contribution in [2.24, 2.45) is 16.6 Å². The first-order valence-electron chi connectivity index (χ1n) is 3.85. The van der Waals surface area contributed by atoms with Gasteiger partial charge in [0.15, 0.2) is 0 Å². The maximum atomic E-state index is 12.1. The minimum absolute atomic E-state index is 0. The van der Waals surface area contributed by atoms with Crippen molar-refractivity contribution in [3.05, 3.63) is 0 Å². The molecule has 0 bridgehead atoms. The predicted molar refractivity (Wildman–Crippen MR) is 47.1 cm³/mol. The number of hydrogen-bond acceptors (Lipinski definition) is 2. The Morgan fingerprint density at radius 3 is 2.54 bits per heavy atom. The lowest BCUT2D eigenvalue weighted by Crippen LogP contribution is -2.25. The van der Waals surface area contributed by atoms with E-state index in [1.807, 2.05) is 0 Å². The molecular formula is C7H12ClF3N2. The standard InChI is InChI=1S/C7H11F3N2.ClH/c8-7(9,10)5-2-1-3-6(11)12-4-5;/h5H,1-4H2,(H2,11,12);1H. The van der Waals surface area contributed by atoms with Crippen LogP contribution < -0.4 is 5.73 Å². The number of rotatable bonds is 0. The van der Waals surface area contributed by atoms with Gasteiger partial charge in [-0.2, -0.15) is 13.2 Å². The van der Waals surface area contributed by atoms with Crippen molar-refractivity contribution in [2.45, 2.75) is 25.4 Å². The van der Waals surface area contributed by atoms with Crippen LogP contribution in [0.2, 0.25) is 0 Å². The van der Waals surface area contributed by atoms with Gasteiger partial charge in [-0.25, -0.2) is 0 Å². The molecule has 1 atom stereocenters. The third-order valence-electron chi connectivity index (χ3n) is 1.96. The number of halogens is 4. The van der Waals surface area contributed by atoms with E-state index in [2.05, 4.69) is 4.99 Å². The van der Waals surface area contributed by atoms with Gasteiger partial charge >= 0.3 is 6.18 Å². The molecule has 0 saturated heterocycles. The molecule has 13 heavy (non-hydrogen) atoms. The molecule has 0 amide bonds.